The number of allylic oxidation sites excluding steroid dienone is 3. The van der Waals surface area contributed by atoms with E-state index in [-0.39, 0.29) is 28.4 Å². The molecule has 0 heterocycles. The molecule has 0 aromatic carbocycles. The Balaban J connectivity index is 1.79. The summed E-state index contributed by atoms with van der Waals surface area (Å²) in [4.78, 5) is 14.4. The second-order valence-electron chi connectivity index (χ2n) is 15.6. The summed E-state index contributed by atoms with van der Waals surface area (Å²) >= 11 is 0. The zero-order chi connectivity index (χ0) is 28.7. The van der Waals surface area contributed by atoms with Gasteiger partial charge < -0.3 is 9.53 Å². The van der Waals surface area contributed by atoms with E-state index in [1.165, 1.54) is 16.7 Å². The molecule has 6 atom stereocenters. The number of Topliss-reactive ketones (excluding diaryl/α,β-unsaturated/α-hetero) is 1. The van der Waals surface area contributed by atoms with Gasteiger partial charge in [0.05, 0.1) is 0 Å². The van der Waals surface area contributed by atoms with Crippen molar-refractivity contribution in [2.45, 2.75) is 144 Å². The number of rotatable bonds is 10. The molecular formula is C34H60O3Si. The lowest BCUT2D eigenvalue weighted by atomic mass is 9.51. The van der Waals surface area contributed by atoms with Crippen LogP contribution in [0.2, 0.25) is 18.1 Å². The Morgan fingerprint density at radius 2 is 1.76 bits per heavy atom. The molecule has 3 aliphatic carbocycles. The maximum atomic E-state index is 14.4. The van der Waals surface area contributed by atoms with Gasteiger partial charge in [0.25, 0.3) is 0 Å². The van der Waals surface area contributed by atoms with Crippen LogP contribution in [0.25, 0.3) is 0 Å². The van der Waals surface area contributed by atoms with Crippen molar-refractivity contribution in [1.29, 1.82) is 0 Å². The SMILES string of the molecule is C=C(CC[C@@H](C)[C@@H](CCO)[C@@]1(C)CCC2=C(CC[C@H]3C[C@@H](O[Si](C)(C)C(C)(C)C)CC[C@]23C)C1=O)C(C)C. The van der Waals surface area contributed by atoms with Crippen molar-refractivity contribution in [2.24, 2.45) is 34.5 Å². The van der Waals surface area contributed by atoms with E-state index < -0.39 is 8.32 Å². The molecule has 0 saturated heterocycles. The van der Waals surface area contributed by atoms with E-state index >= 15 is 0 Å². The smallest absolute Gasteiger partial charge is 0.192 e. The van der Waals surface area contributed by atoms with Gasteiger partial charge in [-0.15, -0.1) is 0 Å². The van der Waals surface area contributed by atoms with E-state index in [2.05, 4.69) is 75.1 Å². The Hall–Kier alpha value is -0.713. The molecule has 1 saturated carbocycles. The van der Waals surface area contributed by atoms with Crippen molar-refractivity contribution < 1.29 is 14.3 Å². The molecule has 0 aromatic rings. The fourth-order valence-corrected chi connectivity index (χ4v) is 9.27. The predicted octanol–water partition coefficient (Wildman–Crippen LogP) is 9.27. The van der Waals surface area contributed by atoms with E-state index in [1.54, 1.807) is 0 Å². The van der Waals surface area contributed by atoms with Crippen molar-refractivity contribution >= 4 is 14.1 Å². The van der Waals surface area contributed by atoms with Crippen LogP contribution in [0.15, 0.2) is 23.3 Å². The molecule has 0 unspecified atom stereocenters. The third-order valence-corrected chi connectivity index (χ3v) is 16.4. The van der Waals surface area contributed by atoms with E-state index in [9.17, 15) is 9.90 Å². The van der Waals surface area contributed by atoms with Gasteiger partial charge in [-0.3, -0.25) is 4.79 Å². The highest BCUT2D eigenvalue weighted by Gasteiger charge is 2.54. The Bertz CT molecular complexity index is 909. The summed E-state index contributed by atoms with van der Waals surface area (Å²) in [7, 11) is -1.78. The molecule has 38 heavy (non-hydrogen) atoms. The monoisotopic (exact) mass is 544 g/mol. The van der Waals surface area contributed by atoms with Gasteiger partial charge in [0.2, 0.25) is 0 Å². The summed E-state index contributed by atoms with van der Waals surface area (Å²) in [6, 6.07) is 0. The average Bonchev–Trinajstić information content (AvgIpc) is 2.82. The molecule has 4 heteroatoms. The highest BCUT2D eigenvalue weighted by atomic mass is 28.4. The van der Waals surface area contributed by atoms with Crippen molar-refractivity contribution in [2.75, 3.05) is 6.61 Å². The van der Waals surface area contributed by atoms with Crippen molar-refractivity contribution in [3.63, 3.8) is 0 Å². The van der Waals surface area contributed by atoms with Gasteiger partial charge in [0.15, 0.2) is 14.1 Å². The molecule has 0 spiro atoms. The molecule has 3 nitrogen and oxygen atoms in total. The molecule has 218 valence electrons. The lowest BCUT2D eigenvalue weighted by molar-refractivity contribution is -0.131. The third kappa shape index (κ3) is 6.13. The fourth-order valence-electron chi connectivity index (χ4n) is 7.87. The maximum Gasteiger partial charge on any atom is 0.192 e. The highest BCUT2D eigenvalue weighted by Crippen LogP contribution is 2.60. The number of aliphatic hydroxyl groups excluding tert-OH is 1. The topological polar surface area (TPSA) is 46.5 Å². The molecule has 0 aromatic heterocycles. The van der Waals surface area contributed by atoms with E-state index in [1.807, 2.05) is 0 Å². The van der Waals surface area contributed by atoms with E-state index in [0.717, 1.165) is 57.8 Å². The second-order valence-corrected chi connectivity index (χ2v) is 20.3. The first-order valence-corrected chi connectivity index (χ1v) is 18.6. The van der Waals surface area contributed by atoms with Gasteiger partial charge in [-0.25, -0.2) is 0 Å². The number of aliphatic hydroxyl groups is 1. The summed E-state index contributed by atoms with van der Waals surface area (Å²) in [5.41, 5.74) is 3.73. The summed E-state index contributed by atoms with van der Waals surface area (Å²) in [5.74, 6) is 2.13. The molecule has 0 amide bonds. The minimum absolute atomic E-state index is 0.144. The number of ketones is 1. The van der Waals surface area contributed by atoms with Crippen LogP contribution in [0, 0.1) is 34.5 Å². The highest BCUT2D eigenvalue weighted by molar-refractivity contribution is 6.74. The van der Waals surface area contributed by atoms with E-state index in [4.69, 9.17) is 4.43 Å². The number of fused-ring (bicyclic) bond motifs is 2. The predicted molar refractivity (Wildman–Crippen MR) is 164 cm³/mol. The first-order valence-electron chi connectivity index (χ1n) is 15.7. The lowest BCUT2D eigenvalue weighted by Crippen LogP contribution is -2.50. The standard InChI is InChI=1S/C34H60O3Si/c1-23(2)24(3)12-13-25(4)29(18-21-35)34(9)20-17-30-28(31(34)36)15-14-26-22-27(16-19-33(26,30)8)37-38(10,11)32(5,6)7/h23,25-27,29,35H,3,12-22H2,1-2,4-11H3/t25-,26+,27+,29-,33+,34-/m1/s1. The Labute approximate surface area is 236 Å². The summed E-state index contributed by atoms with van der Waals surface area (Å²) in [6.45, 7) is 27.6. The molecule has 0 aliphatic heterocycles. The van der Waals surface area contributed by atoms with Crippen LogP contribution in [0.1, 0.15) is 120 Å². The molecule has 0 bridgehead atoms. The number of hydrogen-bond donors (Lipinski definition) is 1. The summed E-state index contributed by atoms with van der Waals surface area (Å²) in [5, 5.41) is 10.3. The van der Waals surface area contributed by atoms with Crippen LogP contribution in [0.4, 0.5) is 0 Å². The maximum absolute atomic E-state index is 14.4. The minimum atomic E-state index is -1.78. The van der Waals surface area contributed by atoms with Crippen LogP contribution in [0.5, 0.6) is 0 Å². The summed E-state index contributed by atoms with van der Waals surface area (Å²) in [6.07, 6.45) is 10.6. The Morgan fingerprint density at radius 3 is 2.34 bits per heavy atom. The molecule has 0 radical (unpaired) electrons. The molecule has 3 rings (SSSR count). The Morgan fingerprint density at radius 1 is 1.11 bits per heavy atom. The Kier molecular flexibility index (Phi) is 9.75. The van der Waals surface area contributed by atoms with Crippen LogP contribution in [0.3, 0.4) is 0 Å². The molecule has 3 aliphatic rings. The first kappa shape index (κ1) is 31.8. The third-order valence-electron chi connectivity index (χ3n) is 11.9. The van der Waals surface area contributed by atoms with Gasteiger partial charge in [-0.2, -0.15) is 0 Å². The molecule has 1 N–H and O–H groups in total. The zero-order valence-corrected chi connectivity index (χ0v) is 27.6. The lowest BCUT2D eigenvalue weighted by Gasteiger charge is -2.54. The quantitative estimate of drug-likeness (QED) is 0.220. The van der Waals surface area contributed by atoms with Crippen LogP contribution < -0.4 is 0 Å². The largest absolute Gasteiger partial charge is 0.414 e. The first-order chi connectivity index (χ1) is 17.5. The normalized spacial score (nSPS) is 32.2. The molecular weight excluding hydrogens is 484 g/mol. The summed E-state index contributed by atoms with van der Waals surface area (Å²) < 4.78 is 6.89. The molecule has 1 fully saturated rings. The van der Waals surface area contributed by atoms with E-state index in [0.29, 0.717) is 36.1 Å². The van der Waals surface area contributed by atoms with Crippen molar-refractivity contribution in [1.82, 2.24) is 0 Å². The van der Waals surface area contributed by atoms with Gasteiger partial charge in [0, 0.05) is 18.1 Å². The number of hydrogen-bond acceptors (Lipinski definition) is 3. The van der Waals surface area contributed by atoms with Gasteiger partial charge in [-0.1, -0.05) is 73.1 Å². The van der Waals surface area contributed by atoms with Crippen LogP contribution in [-0.4, -0.2) is 31.9 Å². The minimum Gasteiger partial charge on any atom is -0.414 e. The van der Waals surface area contributed by atoms with Crippen LogP contribution in [-0.2, 0) is 9.22 Å². The fraction of sp³-hybridized carbons (Fsp3) is 0.853. The zero-order valence-electron chi connectivity index (χ0n) is 26.6. The van der Waals surface area contributed by atoms with Crippen LogP contribution >= 0.6 is 0 Å². The van der Waals surface area contributed by atoms with Crippen molar-refractivity contribution in [3.8, 4) is 0 Å². The second kappa shape index (κ2) is 11.6. The number of carbonyl (C=O) groups excluding carboxylic acids is 1. The number of carbonyl (C=O) groups is 1. The van der Waals surface area contributed by atoms with Crippen molar-refractivity contribution in [3.05, 3.63) is 23.3 Å². The average molecular weight is 545 g/mol. The van der Waals surface area contributed by atoms with Gasteiger partial charge in [-0.05, 0) is 117 Å². The van der Waals surface area contributed by atoms with Gasteiger partial charge >= 0.3 is 0 Å². The van der Waals surface area contributed by atoms with Gasteiger partial charge in [0.1, 0.15) is 0 Å².